The maximum absolute atomic E-state index is 5.62. The molecule has 0 saturated heterocycles. The first-order valence-electron chi connectivity index (χ1n) is 8.33. The summed E-state index contributed by atoms with van der Waals surface area (Å²) < 4.78 is 5.62. The summed E-state index contributed by atoms with van der Waals surface area (Å²) in [5.41, 5.74) is 5.31. The molecule has 0 aliphatic rings. The smallest absolute Gasteiger partial charge is 0.130 e. The number of benzene rings is 1. The van der Waals surface area contributed by atoms with E-state index in [0.717, 1.165) is 39.5 Å². The minimum absolute atomic E-state index is 0.763. The Labute approximate surface area is 152 Å². The van der Waals surface area contributed by atoms with Crippen LogP contribution in [0.25, 0.3) is 33.8 Å². The van der Waals surface area contributed by atoms with Crippen molar-refractivity contribution in [3.63, 3.8) is 0 Å². The molecule has 0 saturated carbocycles. The molecule has 0 radical (unpaired) electrons. The molecular formula is C22H17N3O. The standard InChI is InChI=1S/C22H17N3O/c1-26-19-12-15-25-22(20(19)16-8-3-2-4-9-16)21-17(10-7-14-24-21)18-11-5-6-13-23-18/h2-15H,1H3. The molecule has 1 aromatic carbocycles. The van der Waals surface area contributed by atoms with Crippen LogP contribution in [0.2, 0.25) is 0 Å². The van der Waals surface area contributed by atoms with Crippen molar-refractivity contribution in [2.45, 2.75) is 0 Å². The fourth-order valence-corrected chi connectivity index (χ4v) is 3.00. The van der Waals surface area contributed by atoms with Gasteiger partial charge in [-0.2, -0.15) is 0 Å². The molecule has 4 rings (SSSR count). The van der Waals surface area contributed by atoms with E-state index in [1.807, 2.05) is 66.7 Å². The van der Waals surface area contributed by atoms with Gasteiger partial charge in [0.05, 0.1) is 24.1 Å². The van der Waals surface area contributed by atoms with E-state index in [1.54, 1.807) is 25.7 Å². The lowest BCUT2D eigenvalue weighted by Crippen LogP contribution is -1.98. The highest BCUT2D eigenvalue weighted by molar-refractivity contribution is 5.89. The van der Waals surface area contributed by atoms with E-state index in [-0.39, 0.29) is 0 Å². The third-order valence-electron chi connectivity index (χ3n) is 4.17. The molecule has 0 unspecified atom stereocenters. The molecule has 26 heavy (non-hydrogen) atoms. The zero-order valence-corrected chi connectivity index (χ0v) is 14.3. The van der Waals surface area contributed by atoms with E-state index >= 15 is 0 Å². The number of rotatable bonds is 4. The van der Waals surface area contributed by atoms with Gasteiger partial charge in [0.15, 0.2) is 0 Å². The van der Waals surface area contributed by atoms with Crippen molar-refractivity contribution >= 4 is 0 Å². The molecule has 0 spiro atoms. The van der Waals surface area contributed by atoms with Gasteiger partial charge in [-0.3, -0.25) is 15.0 Å². The summed E-state index contributed by atoms with van der Waals surface area (Å²) in [6, 6.07) is 21.7. The lowest BCUT2D eigenvalue weighted by Gasteiger charge is -2.15. The number of ether oxygens (including phenoxy) is 1. The van der Waals surface area contributed by atoms with Crippen LogP contribution in [0.3, 0.4) is 0 Å². The molecule has 0 N–H and O–H groups in total. The van der Waals surface area contributed by atoms with Crippen molar-refractivity contribution < 1.29 is 4.74 Å². The van der Waals surface area contributed by atoms with Gasteiger partial charge in [-0.25, -0.2) is 0 Å². The van der Waals surface area contributed by atoms with Gasteiger partial charge in [0.1, 0.15) is 11.4 Å². The van der Waals surface area contributed by atoms with E-state index in [0.29, 0.717) is 0 Å². The third kappa shape index (κ3) is 2.93. The van der Waals surface area contributed by atoms with Crippen LogP contribution in [0.1, 0.15) is 0 Å². The Morgan fingerprint density at radius 3 is 2.19 bits per heavy atom. The van der Waals surface area contributed by atoms with Crippen molar-refractivity contribution in [2.24, 2.45) is 0 Å². The van der Waals surface area contributed by atoms with Gasteiger partial charge in [-0.05, 0) is 35.9 Å². The van der Waals surface area contributed by atoms with Crippen molar-refractivity contribution in [1.29, 1.82) is 0 Å². The molecule has 4 heteroatoms. The van der Waals surface area contributed by atoms with Gasteiger partial charge in [0, 0.05) is 24.2 Å². The van der Waals surface area contributed by atoms with Crippen molar-refractivity contribution in [3.8, 4) is 39.5 Å². The summed E-state index contributed by atoms with van der Waals surface area (Å²) in [5, 5.41) is 0. The summed E-state index contributed by atoms with van der Waals surface area (Å²) >= 11 is 0. The van der Waals surface area contributed by atoms with Crippen LogP contribution in [-0.4, -0.2) is 22.1 Å². The van der Waals surface area contributed by atoms with Crippen LogP contribution in [0.4, 0.5) is 0 Å². The SMILES string of the molecule is COc1ccnc(-c2ncccc2-c2ccccn2)c1-c1ccccc1. The average molecular weight is 339 g/mol. The van der Waals surface area contributed by atoms with Crippen LogP contribution < -0.4 is 4.74 Å². The van der Waals surface area contributed by atoms with Gasteiger partial charge in [-0.15, -0.1) is 0 Å². The number of aromatic nitrogens is 3. The van der Waals surface area contributed by atoms with Gasteiger partial charge in [-0.1, -0.05) is 36.4 Å². The van der Waals surface area contributed by atoms with Gasteiger partial charge in [0.25, 0.3) is 0 Å². The number of hydrogen-bond acceptors (Lipinski definition) is 4. The highest BCUT2D eigenvalue weighted by atomic mass is 16.5. The summed E-state index contributed by atoms with van der Waals surface area (Å²) in [6.07, 6.45) is 5.30. The molecule has 3 aromatic heterocycles. The predicted molar refractivity (Wildman–Crippen MR) is 103 cm³/mol. The molecule has 3 heterocycles. The topological polar surface area (TPSA) is 47.9 Å². The van der Waals surface area contributed by atoms with E-state index in [9.17, 15) is 0 Å². The Balaban J connectivity index is 1.99. The fourth-order valence-electron chi connectivity index (χ4n) is 3.00. The summed E-state index contributed by atoms with van der Waals surface area (Å²) in [7, 11) is 1.67. The maximum Gasteiger partial charge on any atom is 0.130 e. The number of hydrogen-bond donors (Lipinski definition) is 0. The Morgan fingerprint density at radius 2 is 1.42 bits per heavy atom. The Hall–Kier alpha value is -3.53. The zero-order valence-electron chi connectivity index (χ0n) is 14.3. The Kier molecular flexibility index (Phi) is 4.39. The highest BCUT2D eigenvalue weighted by Crippen LogP contribution is 2.39. The van der Waals surface area contributed by atoms with Crippen LogP contribution in [-0.2, 0) is 0 Å². The van der Waals surface area contributed by atoms with Crippen LogP contribution in [0.5, 0.6) is 5.75 Å². The average Bonchev–Trinajstić information content (AvgIpc) is 2.74. The van der Waals surface area contributed by atoms with E-state index in [2.05, 4.69) is 15.0 Å². The van der Waals surface area contributed by atoms with Crippen molar-refractivity contribution in [1.82, 2.24) is 15.0 Å². The molecule has 4 aromatic rings. The molecule has 0 atom stereocenters. The van der Waals surface area contributed by atoms with E-state index < -0.39 is 0 Å². The second kappa shape index (κ2) is 7.15. The fraction of sp³-hybridized carbons (Fsp3) is 0.0455. The summed E-state index contributed by atoms with van der Waals surface area (Å²) in [5.74, 6) is 0.763. The minimum Gasteiger partial charge on any atom is -0.496 e. The summed E-state index contributed by atoms with van der Waals surface area (Å²) in [4.78, 5) is 13.8. The Morgan fingerprint density at radius 1 is 0.654 bits per heavy atom. The van der Waals surface area contributed by atoms with Gasteiger partial charge in [0.2, 0.25) is 0 Å². The van der Waals surface area contributed by atoms with Crippen molar-refractivity contribution in [2.75, 3.05) is 7.11 Å². The molecule has 126 valence electrons. The van der Waals surface area contributed by atoms with Crippen LogP contribution in [0.15, 0.2) is 85.3 Å². The maximum atomic E-state index is 5.62. The zero-order chi connectivity index (χ0) is 17.8. The second-order valence-electron chi connectivity index (χ2n) is 5.72. The van der Waals surface area contributed by atoms with Crippen molar-refractivity contribution in [3.05, 3.63) is 85.3 Å². The first-order valence-corrected chi connectivity index (χ1v) is 8.33. The largest absolute Gasteiger partial charge is 0.496 e. The van der Waals surface area contributed by atoms with E-state index in [1.165, 1.54) is 0 Å². The first-order chi connectivity index (χ1) is 12.9. The molecule has 0 fully saturated rings. The van der Waals surface area contributed by atoms with Crippen LogP contribution in [0, 0.1) is 0 Å². The molecule has 0 aliphatic carbocycles. The molecule has 0 aliphatic heterocycles. The summed E-state index contributed by atoms with van der Waals surface area (Å²) in [6.45, 7) is 0. The predicted octanol–water partition coefficient (Wildman–Crippen LogP) is 4.88. The lowest BCUT2D eigenvalue weighted by atomic mass is 9.97. The minimum atomic E-state index is 0.763. The highest BCUT2D eigenvalue weighted by Gasteiger charge is 2.19. The third-order valence-corrected chi connectivity index (χ3v) is 4.17. The lowest BCUT2D eigenvalue weighted by molar-refractivity contribution is 0.416. The normalized spacial score (nSPS) is 10.5. The van der Waals surface area contributed by atoms with Crippen LogP contribution >= 0.6 is 0 Å². The number of methoxy groups -OCH3 is 1. The molecule has 0 bridgehead atoms. The first kappa shape index (κ1) is 16.0. The van der Waals surface area contributed by atoms with Gasteiger partial charge >= 0.3 is 0 Å². The molecule has 4 nitrogen and oxygen atoms in total. The monoisotopic (exact) mass is 339 g/mol. The van der Waals surface area contributed by atoms with E-state index in [4.69, 9.17) is 4.74 Å². The quantitative estimate of drug-likeness (QED) is 0.531. The Bertz CT molecular complexity index is 1020. The number of pyridine rings is 3. The second-order valence-corrected chi connectivity index (χ2v) is 5.72. The molecule has 0 amide bonds. The van der Waals surface area contributed by atoms with Gasteiger partial charge < -0.3 is 4.74 Å². The number of nitrogens with zero attached hydrogens (tertiary/aromatic N) is 3. The molecular weight excluding hydrogens is 322 g/mol.